The topological polar surface area (TPSA) is 64.6 Å². The van der Waals surface area contributed by atoms with Crippen molar-refractivity contribution in [3.05, 3.63) is 24.3 Å². The molecule has 1 aromatic carbocycles. The first-order valence-corrected chi connectivity index (χ1v) is 10.2. The molecule has 5 nitrogen and oxygen atoms in total. The number of benzene rings is 1. The molecule has 2 rings (SSSR count). The largest absolute Gasteiger partial charge is 0.491 e. The van der Waals surface area contributed by atoms with Crippen LogP contribution >= 0.6 is 0 Å². The van der Waals surface area contributed by atoms with Gasteiger partial charge in [0.15, 0.2) is 0 Å². The molecule has 0 bridgehead atoms. The van der Waals surface area contributed by atoms with E-state index in [9.17, 15) is 8.42 Å². The maximum absolute atomic E-state index is 12.6. The van der Waals surface area contributed by atoms with Gasteiger partial charge in [-0.1, -0.05) is 26.7 Å². The Kier molecular flexibility index (Phi) is 7.07. The third-order valence-electron chi connectivity index (χ3n) is 4.85. The van der Waals surface area contributed by atoms with E-state index in [1.807, 2.05) is 6.92 Å². The Balaban J connectivity index is 1.96. The summed E-state index contributed by atoms with van der Waals surface area (Å²) in [4.78, 5) is 0.282. The Morgan fingerprint density at radius 2 is 1.83 bits per heavy atom. The van der Waals surface area contributed by atoms with Crippen LogP contribution in [0.2, 0.25) is 0 Å². The normalized spacial score (nSPS) is 24.7. The lowest BCUT2D eigenvalue weighted by molar-refractivity contribution is 0.110. The second-order valence-electron chi connectivity index (χ2n) is 6.51. The maximum Gasteiger partial charge on any atom is 0.240 e. The summed E-state index contributed by atoms with van der Waals surface area (Å²) in [6.07, 6.45) is 3.15. The summed E-state index contributed by atoms with van der Waals surface area (Å²) < 4.78 is 38.8. The molecule has 1 saturated carbocycles. The van der Waals surface area contributed by atoms with Crippen molar-refractivity contribution in [2.24, 2.45) is 11.8 Å². The molecule has 6 heteroatoms. The minimum absolute atomic E-state index is 0.0147. The minimum atomic E-state index is -3.49. The SMILES string of the molecule is CCOCCOc1ccc(S(=O)(=O)NC2CCCC(C)C2C)cc1. The second kappa shape index (κ2) is 8.83. The molecule has 1 aliphatic carbocycles. The quantitative estimate of drug-likeness (QED) is 0.727. The van der Waals surface area contributed by atoms with Gasteiger partial charge in [0.2, 0.25) is 10.0 Å². The van der Waals surface area contributed by atoms with E-state index < -0.39 is 10.0 Å². The summed E-state index contributed by atoms with van der Waals surface area (Å²) in [5.74, 6) is 1.55. The van der Waals surface area contributed by atoms with E-state index in [2.05, 4.69) is 18.6 Å². The van der Waals surface area contributed by atoms with Gasteiger partial charge in [0.1, 0.15) is 12.4 Å². The molecular formula is C18H29NO4S. The van der Waals surface area contributed by atoms with Gasteiger partial charge in [-0.05, 0) is 49.4 Å². The van der Waals surface area contributed by atoms with Crippen molar-refractivity contribution in [2.75, 3.05) is 19.8 Å². The fourth-order valence-electron chi connectivity index (χ4n) is 3.09. The number of rotatable bonds is 8. The van der Waals surface area contributed by atoms with Crippen LogP contribution in [0.5, 0.6) is 5.75 Å². The van der Waals surface area contributed by atoms with Gasteiger partial charge in [-0.25, -0.2) is 13.1 Å². The predicted molar refractivity (Wildman–Crippen MR) is 94.7 cm³/mol. The van der Waals surface area contributed by atoms with E-state index in [0.717, 1.165) is 12.8 Å². The summed E-state index contributed by atoms with van der Waals surface area (Å²) >= 11 is 0. The van der Waals surface area contributed by atoms with Gasteiger partial charge in [-0.3, -0.25) is 0 Å². The third-order valence-corrected chi connectivity index (χ3v) is 6.35. The van der Waals surface area contributed by atoms with E-state index >= 15 is 0 Å². The van der Waals surface area contributed by atoms with Gasteiger partial charge < -0.3 is 9.47 Å². The molecule has 0 saturated heterocycles. The molecule has 24 heavy (non-hydrogen) atoms. The second-order valence-corrected chi connectivity index (χ2v) is 8.23. The first-order valence-electron chi connectivity index (χ1n) is 8.77. The molecular weight excluding hydrogens is 326 g/mol. The van der Waals surface area contributed by atoms with Crippen molar-refractivity contribution < 1.29 is 17.9 Å². The van der Waals surface area contributed by atoms with Crippen molar-refractivity contribution >= 4 is 10.0 Å². The Morgan fingerprint density at radius 1 is 1.12 bits per heavy atom. The monoisotopic (exact) mass is 355 g/mol. The van der Waals surface area contributed by atoms with Gasteiger partial charge >= 0.3 is 0 Å². The fraction of sp³-hybridized carbons (Fsp3) is 0.667. The van der Waals surface area contributed by atoms with E-state index in [4.69, 9.17) is 9.47 Å². The number of ether oxygens (including phenoxy) is 2. The van der Waals surface area contributed by atoms with E-state index in [1.54, 1.807) is 24.3 Å². The molecule has 0 aliphatic heterocycles. The molecule has 1 N–H and O–H groups in total. The lowest BCUT2D eigenvalue weighted by Crippen LogP contribution is -2.43. The number of sulfonamides is 1. The molecule has 136 valence electrons. The standard InChI is InChI=1S/C18H29NO4S/c1-4-22-12-13-23-16-8-10-17(11-9-16)24(20,21)19-18-7-5-6-14(2)15(18)3/h8-11,14-15,18-19H,4-7,12-13H2,1-3H3. The molecule has 0 heterocycles. The smallest absolute Gasteiger partial charge is 0.240 e. The molecule has 0 spiro atoms. The van der Waals surface area contributed by atoms with Crippen molar-refractivity contribution in [1.29, 1.82) is 0 Å². The zero-order chi connectivity index (χ0) is 17.6. The average Bonchev–Trinajstić information content (AvgIpc) is 2.56. The molecule has 1 fully saturated rings. The molecule has 3 unspecified atom stereocenters. The number of hydrogen-bond donors (Lipinski definition) is 1. The lowest BCUT2D eigenvalue weighted by Gasteiger charge is -2.34. The number of nitrogens with one attached hydrogen (secondary N) is 1. The van der Waals surface area contributed by atoms with Crippen molar-refractivity contribution in [2.45, 2.75) is 51.0 Å². The third kappa shape index (κ3) is 5.19. The summed E-state index contributed by atoms with van der Waals surface area (Å²) in [5.41, 5.74) is 0. The Morgan fingerprint density at radius 3 is 2.50 bits per heavy atom. The zero-order valence-corrected chi connectivity index (χ0v) is 15.6. The average molecular weight is 356 g/mol. The maximum atomic E-state index is 12.6. The van der Waals surface area contributed by atoms with Crippen molar-refractivity contribution in [1.82, 2.24) is 4.72 Å². The molecule has 0 amide bonds. The highest BCUT2D eigenvalue weighted by atomic mass is 32.2. The summed E-state index contributed by atoms with van der Waals surface area (Å²) in [5, 5.41) is 0. The first-order chi connectivity index (χ1) is 11.4. The highest BCUT2D eigenvalue weighted by molar-refractivity contribution is 7.89. The van der Waals surface area contributed by atoms with E-state index in [0.29, 0.717) is 37.4 Å². The van der Waals surface area contributed by atoms with Crippen molar-refractivity contribution in [3.63, 3.8) is 0 Å². The van der Waals surface area contributed by atoms with Crippen molar-refractivity contribution in [3.8, 4) is 5.75 Å². The molecule has 0 radical (unpaired) electrons. The molecule has 1 aromatic rings. The predicted octanol–water partition coefficient (Wildman–Crippen LogP) is 3.20. The summed E-state index contributed by atoms with van der Waals surface area (Å²) in [6, 6.07) is 6.58. The first kappa shape index (κ1) is 19.2. The van der Waals surface area contributed by atoms with E-state index in [1.165, 1.54) is 6.42 Å². The minimum Gasteiger partial charge on any atom is -0.491 e. The van der Waals surface area contributed by atoms with Crippen LogP contribution in [0.3, 0.4) is 0 Å². The van der Waals surface area contributed by atoms with Crippen LogP contribution in [0.25, 0.3) is 0 Å². The molecule has 1 aliphatic rings. The summed E-state index contributed by atoms with van der Waals surface area (Å²) in [6.45, 7) is 7.89. The van der Waals surface area contributed by atoms with Gasteiger partial charge in [0.25, 0.3) is 0 Å². The number of hydrogen-bond acceptors (Lipinski definition) is 4. The van der Waals surface area contributed by atoms with Gasteiger partial charge in [-0.15, -0.1) is 0 Å². The van der Waals surface area contributed by atoms with Gasteiger partial charge in [0, 0.05) is 12.6 Å². The Bertz CT molecular complexity index is 600. The van der Waals surface area contributed by atoms with Crippen LogP contribution < -0.4 is 9.46 Å². The van der Waals surface area contributed by atoms with E-state index in [-0.39, 0.29) is 10.9 Å². The van der Waals surface area contributed by atoms with Crippen LogP contribution in [0.15, 0.2) is 29.2 Å². The Hall–Kier alpha value is -1.11. The summed E-state index contributed by atoms with van der Waals surface area (Å²) in [7, 11) is -3.49. The molecule has 0 aromatic heterocycles. The fourth-order valence-corrected chi connectivity index (χ4v) is 4.46. The van der Waals surface area contributed by atoms with Crippen LogP contribution in [-0.2, 0) is 14.8 Å². The highest BCUT2D eigenvalue weighted by Gasteiger charge is 2.30. The Labute approximate surface area is 145 Å². The van der Waals surface area contributed by atoms with Crippen LogP contribution in [0, 0.1) is 11.8 Å². The van der Waals surface area contributed by atoms with Crippen LogP contribution in [-0.4, -0.2) is 34.3 Å². The lowest BCUT2D eigenvalue weighted by atomic mass is 9.78. The highest BCUT2D eigenvalue weighted by Crippen LogP contribution is 2.30. The van der Waals surface area contributed by atoms with Gasteiger partial charge in [-0.2, -0.15) is 0 Å². The van der Waals surface area contributed by atoms with Crippen LogP contribution in [0.1, 0.15) is 40.0 Å². The molecule has 3 atom stereocenters. The van der Waals surface area contributed by atoms with Gasteiger partial charge in [0.05, 0.1) is 11.5 Å². The van der Waals surface area contributed by atoms with Crippen LogP contribution in [0.4, 0.5) is 0 Å². The zero-order valence-electron chi connectivity index (χ0n) is 14.8.